The Hall–Kier alpha value is -2.60. The number of halogens is 3. The van der Waals surface area contributed by atoms with Crippen molar-refractivity contribution in [3.05, 3.63) is 50.9 Å². The predicted octanol–water partition coefficient (Wildman–Crippen LogP) is 8.62. The molecule has 0 aliphatic carbocycles. The van der Waals surface area contributed by atoms with Crippen LogP contribution in [0.5, 0.6) is 11.5 Å². The normalized spacial score (nSPS) is 14.5. The number of nitrogens with zero attached hydrogens (tertiary/aromatic N) is 3. The minimum atomic E-state index is -0.461. The predicted molar refractivity (Wildman–Crippen MR) is 198 cm³/mol. The molecule has 13 heteroatoms. The van der Waals surface area contributed by atoms with E-state index in [0.29, 0.717) is 34.6 Å². The van der Waals surface area contributed by atoms with E-state index in [1.54, 1.807) is 30.1 Å². The number of carbonyl (C=O) groups is 2. The van der Waals surface area contributed by atoms with Crippen LogP contribution in [0, 0.1) is 0 Å². The van der Waals surface area contributed by atoms with Crippen LogP contribution in [0.4, 0.5) is 15.3 Å². The van der Waals surface area contributed by atoms with Gasteiger partial charge in [0.25, 0.3) is 0 Å². The van der Waals surface area contributed by atoms with E-state index in [0.717, 1.165) is 49.4 Å². The van der Waals surface area contributed by atoms with Gasteiger partial charge in [0.15, 0.2) is 0 Å². The molecule has 0 radical (unpaired) electrons. The largest absolute Gasteiger partial charge is 0.495 e. The van der Waals surface area contributed by atoms with Crippen molar-refractivity contribution in [2.45, 2.75) is 67.6 Å². The van der Waals surface area contributed by atoms with Crippen LogP contribution in [0.15, 0.2) is 40.9 Å². The van der Waals surface area contributed by atoms with Gasteiger partial charge in [0.05, 0.1) is 24.3 Å². The first-order valence-corrected chi connectivity index (χ1v) is 16.3. The number of benzene rings is 2. The Morgan fingerprint density at radius 3 is 1.55 bits per heavy atom. The summed E-state index contributed by atoms with van der Waals surface area (Å²) >= 11 is 15.1. The number of hydrogen-bond donors (Lipinski definition) is 1. The Labute approximate surface area is 301 Å². The molecule has 0 saturated carbocycles. The van der Waals surface area contributed by atoms with Crippen molar-refractivity contribution in [2.24, 2.45) is 0 Å². The van der Waals surface area contributed by atoms with E-state index in [9.17, 15) is 9.59 Å². The Morgan fingerprint density at radius 2 is 1.13 bits per heavy atom. The van der Waals surface area contributed by atoms with E-state index >= 15 is 0 Å². The second-order valence-corrected chi connectivity index (χ2v) is 14.0. The number of methoxy groups -OCH3 is 2. The molecule has 2 aromatic rings. The maximum absolute atomic E-state index is 12.0. The molecule has 2 heterocycles. The van der Waals surface area contributed by atoms with Crippen LogP contribution in [0.1, 0.15) is 56.4 Å². The number of hydrogen-bond acceptors (Lipinski definition) is 8. The summed E-state index contributed by atoms with van der Waals surface area (Å²) in [4.78, 5) is 29.2. The molecule has 0 aromatic heterocycles. The van der Waals surface area contributed by atoms with Crippen molar-refractivity contribution in [2.75, 3.05) is 71.5 Å². The standard InChI is InChI=1S/C16H23ClN2O3.C9H18N2O2.C7H6BrClO.2CH4/c1-16(2,3)22-15(20)19-9-7-18(8-10-19)12-5-6-13(17)14(11-12)21-4;1-9(2,3)13-8(12)11-6-4-10-5-7-11;1-10-7-4-5(8)2-3-6(7)9;;/h5-6,11H,7-10H2,1-4H3;10H,4-7H2,1-3H3;2-4H,1H3;2*1H4. The fourth-order valence-corrected chi connectivity index (χ4v) is 4.86. The molecule has 47 heavy (non-hydrogen) atoms. The molecule has 0 atom stereocenters. The van der Waals surface area contributed by atoms with Gasteiger partial charge in [0, 0.05) is 68.6 Å². The smallest absolute Gasteiger partial charge is 0.410 e. The number of ether oxygens (including phenoxy) is 4. The van der Waals surface area contributed by atoms with Gasteiger partial charge in [-0.25, -0.2) is 9.59 Å². The summed E-state index contributed by atoms with van der Waals surface area (Å²) in [6, 6.07) is 11.2. The third-order valence-electron chi connectivity index (χ3n) is 6.31. The van der Waals surface area contributed by atoms with E-state index in [1.165, 1.54) is 0 Å². The van der Waals surface area contributed by atoms with E-state index in [4.69, 9.17) is 42.1 Å². The quantitative estimate of drug-likeness (QED) is 0.332. The maximum atomic E-state index is 12.0. The first kappa shape index (κ1) is 44.4. The number of carbonyl (C=O) groups excluding carboxylic acids is 2. The Bertz CT molecular complexity index is 1240. The second-order valence-electron chi connectivity index (χ2n) is 12.3. The topological polar surface area (TPSA) is 92.8 Å². The zero-order chi connectivity index (χ0) is 33.8. The SMILES string of the molecule is C.C.CC(C)(C)OC(=O)N1CCNCC1.COc1cc(Br)ccc1Cl.COc1cc(N2CCN(C(=O)OC(C)(C)C)CC2)ccc1Cl. The molecule has 0 unspecified atom stereocenters. The highest BCUT2D eigenvalue weighted by Gasteiger charge is 2.26. The minimum Gasteiger partial charge on any atom is -0.495 e. The van der Waals surface area contributed by atoms with Crippen LogP contribution >= 0.6 is 39.1 Å². The Morgan fingerprint density at radius 1 is 0.702 bits per heavy atom. The summed E-state index contributed by atoms with van der Waals surface area (Å²) in [5, 5.41) is 4.41. The van der Waals surface area contributed by atoms with E-state index < -0.39 is 5.60 Å². The first-order valence-electron chi connectivity index (χ1n) is 14.8. The lowest BCUT2D eigenvalue weighted by Gasteiger charge is -2.36. The molecule has 268 valence electrons. The number of amides is 2. The molecular weight excluding hydrogens is 711 g/mol. The van der Waals surface area contributed by atoms with E-state index in [2.05, 4.69) is 26.1 Å². The molecule has 10 nitrogen and oxygen atoms in total. The average Bonchev–Trinajstić information content (AvgIpc) is 2.98. The lowest BCUT2D eigenvalue weighted by molar-refractivity contribution is 0.0223. The molecular formula is C34H55BrCl2N4O6. The van der Waals surface area contributed by atoms with Crippen molar-refractivity contribution in [1.82, 2.24) is 15.1 Å². The van der Waals surface area contributed by atoms with Gasteiger partial charge < -0.3 is 39.0 Å². The van der Waals surface area contributed by atoms with Gasteiger partial charge in [-0.3, -0.25) is 0 Å². The summed E-state index contributed by atoms with van der Waals surface area (Å²) < 4.78 is 21.8. The third-order valence-corrected chi connectivity index (χ3v) is 7.43. The third kappa shape index (κ3) is 16.4. The van der Waals surface area contributed by atoms with Gasteiger partial charge in [0.1, 0.15) is 22.7 Å². The van der Waals surface area contributed by atoms with Gasteiger partial charge in [-0.1, -0.05) is 54.0 Å². The van der Waals surface area contributed by atoms with Gasteiger partial charge >= 0.3 is 12.2 Å². The number of nitrogens with one attached hydrogen (secondary N) is 1. The molecule has 0 bridgehead atoms. The summed E-state index contributed by atoms with van der Waals surface area (Å²) in [6.45, 7) is 17.3. The molecule has 2 amide bonds. The monoisotopic (exact) mass is 764 g/mol. The van der Waals surface area contributed by atoms with Crippen LogP contribution in [0.25, 0.3) is 0 Å². The summed E-state index contributed by atoms with van der Waals surface area (Å²) in [6.07, 6.45) is -0.449. The summed E-state index contributed by atoms with van der Waals surface area (Å²) in [7, 11) is 3.19. The van der Waals surface area contributed by atoms with Crippen LogP contribution < -0.4 is 19.7 Å². The van der Waals surface area contributed by atoms with Gasteiger partial charge in [0.2, 0.25) is 0 Å². The van der Waals surface area contributed by atoms with Crippen LogP contribution in [0.2, 0.25) is 10.0 Å². The van der Waals surface area contributed by atoms with E-state index in [1.807, 2.05) is 71.9 Å². The highest BCUT2D eigenvalue weighted by atomic mass is 79.9. The molecule has 0 spiro atoms. The lowest BCUT2D eigenvalue weighted by Crippen LogP contribution is -2.50. The first-order chi connectivity index (χ1) is 21.0. The lowest BCUT2D eigenvalue weighted by atomic mass is 10.2. The molecule has 1 N–H and O–H groups in total. The number of rotatable bonds is 3. The van der Waals surface area contributed by atoms with Crippen LogP contribution in [-0.2, 0) is 9.47 Å². The zero-order valence-electron chi connectivity index (χ0n) is 27.5. The van der Waals surface area contributed by atoms with Crippen LogP contribution in [-0.4, -0.2) is 99.8 Å². The summed E-state index contributed by atoms with van der Waals surface area (Å²) in [5.74, 6) is 1.35. The van der Waals surface area contributed by atoms with E-state index in [-0.39, 0.29) is 32.6 Å². The highest BCUT2D eigenvalue weighted by Crippen LogP contribution is 2.30. The fraction of sp³-hybridized carbons (Fsp3) is 0.588. The van der Waals surface area contributed by atoms with Crippen LogP contribution in [0.3, 0.4) is 0 Å². The van der Waals surface area contributed by atoms with Crippen molar-refractivity contribution in [3.63, 3.8) is 0 Å². The van der Waals surface area contributed by atoms with Gasteiger partial charge in [-0.2, -0.15) is 0 Å². The van der Waals surface area contributed by atoms with Crippen molar-refractivity contribution < 1.29 is 28.5 Å². The molecule has 2 aliphatic heterocycles. The number of piperazine rings is 2. The van der Waals surface area contributed by atoms with Crippen molar-refractivity contribution >= 4 is 57.0 Å². The fourth-order valence-electron chi connectivity index (χ4n) is 4.13. The number of anilines is 1. The Kier molecular flexibility index (Phi) is 19.6. The summed E-state index contributed by atoms with van der Waals surface area (Å²) in [5.41, 5.74) is 0.199. The highest BCUT2D eigenvalue weighted by molar-refractivity contribution is 9.10. The minimum absolute atomic E-state index is 0. The maximum Gasteiger partial charge on any atom is 0.410 e. The average molecular weight is 767 g/mol. The Balaban J connectivity index is 0.000000723. The molecule has 2 saturated heterocycles. The zero-order valence-corrected chi connectivity index (χ0v) is 30.6. The van der Waals surface area contributed by atoms with Gasteiger partial charge in [-0.05, 0) is 71.9 Å². The van der Waals surface area contributed by atoms with Crippen molar-refractivity contribution in [3.8, 4) is 11.5 Å². The molecule has 2 aromatic carbocycles. The van der Waals surface area contributed by atoms with Gasteiger partial charge in [-0.15, -0.1) is 0 Å². The molecule has 2 aliphatic rings. The van der Waals surface area contributed by atoms with Crippen molar-refractivity contribution in [1.29, 1.82) is 0 Å². The molecule has 2 fully saturated rings. The second kappa shape index (κ2) is 20.7. The molecule has 4 rings (SSSR count).